The largest absolute Gasteiger partial charge is 0.452 e. The van der Waals surface area contributed by atoms with E-state index in [1.165, 1.54) is 30.3 Å². The molecule has 1 aromatic heterocycles. The smallest absolute Gasteiger partial charge is 0.331 e. The first-order valence-electron chi connectivity index (χ1n) is 6.76. The Bertz CT molecular complexity index is 796. The number of aromatic nitrogens is 1. The first-order valence-corrected chi connectivity index (χ1v) is 6.76. The summed E-state index contributed by atoms with van der Waals surface area (Å²) in [6.07, 6.45) is 2.43. The molecule has 0 aliphatic carbocycles. The van der Waals surface area contributed by atoms with Crippen LogP contribution >= 0.6 is 0 Å². The van der Waals surface area contributed by atoms with Gasteiger partial charge in [0.1, 0.15) is 5.76 Å². The van der Waals surface area contributed by atoms with Crippen molar-refractivity contribution in [2.75, 3.05) is 11.9 Å². The molecule has 0 fully saturated rings. The first-order chi connectivity index (χ1) is 11.4. The predicted molar refractivity (Wildman–Crippen MR) is 83.0 cm³/mol. The van der Waals surface area contributed by atoms with Gasteiger partial charge in [-0.15, -0.1) is 0 Å². The highest BCUT2D eigenvalue weighted by Crippen LogP contribution is 2.14. The van der Waals surface area contributed by atoms with Crippen LogP contribution in [0.5, 0.6) is 0 Å². The molecule has 2 rings (SSSR count). The molecule has 0 radical (unpaired) electrons. The monoisotopic (exact) mass is 331 g/mol. The summed E-state index contributed by atoms with van der Waals surface area (Å²) in [6.45, 7) is 1.17. The van der Waals surface area contributed by atoms with Crippen LogP contribution in [0.25, 0.3) is 6.08 Å². The van der Waals surface area contributed by atoms with Crippen molar-refractivity contribution in [3.63, 3.8) is 0 Å². The van der Waals surface area contributed by atoms with Gasteiger partial charge in [0.05, 0.1) is 4.92 Å². The summed E-state index contributed by atoms with van der Waals surface area (Å²) in [6, 6.07) is 7.25. The molecule has 2 aromatic rings. The number of aryl methyl sites for hydroxylation is 1. The molecule has 1 heterocycles. The molecular formula is C15H13N3O6. The van der Waals surface area contributed by atoms with Crippen molar-refractivity contribution in [3.05, 3.63) is 57.8 Å². The lowest BCUT2D eigenvalue weighted by atomic mass is 10.2. The van der Waals surface area contributed by atoms with E-state index in [0.717, 1.165) is 6.08 Å². The van der Waals surface area contributed by atoms with Gasteiger partial charge in [0.25, 0.3) is 11.6 Å². The van der Waals surface area contributed by atoms with Gasteiger partial charge in [-0.05, 0) is 18.6 Å². The van der Waals surface area contributed by atoms with E-state index in [1.807, 2.05) is 0 Å². The average Bonchev–Trinajstić information content (AvgIpc) is 2.96. The predicted octanol–water partition coefficient (Wildman–Crippen LogP) is 2.09. The Morgan fingerprint density at radius 2 is 2.21 bits per heavy atom. The van der Waals surface area contributed by atoms with E-state index in [-0.39, 0.29) is 11.5 Å². The molecule has 0 unspecified atom stereocenters. The highest BCUT2D eigenvalue weighted by molar-refractivity contribution is 5.94. The maximum absolute atomic E-state index is 11.6. The average molecular weight is 331 g/mol. The molecule has 0 saturated heterocycles. The van der Waals surface area contributed by atoms with E-state index in [1.54, 1.807) is 13.0 Å². The third-order valence-corrected chi connectivity index (χ3v) is 2.73. The maximum atomic E-state index is 11.6. The molecule has 0 spiro atoms. The van der Waals surface area contributed by atoms with Crippen LogP contribution in [-0.2, 0) is 14.3 Å². The Hall–Kier alpha value is -3.49. The number of carbonyl (C=O) groups excluding carboxylic acids is 2. The fraction of sp³-hybridized carbons (Fsp3) is 0.133. The normalized spacial score (nSPS) is 10.5. The fourth-order valence-electron chi connectivity index (χ4n) is 1.70. The molecule has 1 aromatic carbocycles. The second kappa shape index (κ2) is 7.68. The number of amides is 1. The number of hydrogen-bond donors (Lipinski definition) is 1. The van der Waals surface area contributed by atoms with E-state index in [4.69, 9.17) is 9.26 Å². The lowest BCUT2D eigenvalue weighted by Crippen LogP contribution is -2.20. The Kier molecular flexibility index (Phi) is 5.40. The molecule has 0 aliphatic heterocycles. The number of rotatable bonds is 6. The summed E-state index contributed by atoms with van der Waals surface area (Å²) >= 11 is 0. The molecule has 9 nitrogen and oxygen atoms in total. The summed E-state index contributed by atoms with van der Waals surface area (Å²) < 4.78 is 9.53. The van der Waals surface area contributed by atoms with Gasteiger partial charge in [0.2, 0.25) is 0 Å². The first kappa shape index (κ1) is 16.9. The number of nitrogens with one attached hydrogen (secondary N) is 1. The highest BCUT2D eigenvalue weighted by atomic mass is 16.6. The van der Waals surface area contributed by atoms with Gasteiger partial charge in [0.15, 0.2) is 12.4 Å². The second-order valence-electron chi connectivity index (χ2n) is 4.66. The Morgan fingerprint density at radius 1 is 1.42 bits per heavy atom. The van der Waals surface area contributed by atoms with E-state index >= 15 is 0 Å². The van der Waals surface area contributed by atoms with Crippen molar-refractivity contribution in [2.24, 2.45) is 0 Å². The maximum Gasteiger partial charge on any atom is 0.331 e. The molecule has 9 heteroatoms. The Balaban J connectivity index is 1.83. The minimum atomic E-state index is -0.756. The van der Waals surface area contributed by atoms with Crippen molar-refractivity contribution < 1.29 is 23.8 Å². The zero-order valence-electron chi connectivity index (χ0n) is 12.6. The third-order valence-electron chi connectivity index (χ3n) is 2.73. The van der Waals surface area contributed by atoms with Crippen LogP contribution in [0.15, 0.2) is 40.9 Å². The number of nitro benzene ring substituents is 1. The van der Waals surface area contributed by atoms with Crippen molar-refractivity contribution in [1.82, 2.24) is 5.16 Å². The number of esters is 1. The van der Waals surface area contributed by atoms with Gasteiger partial charge >= 0.3 is 5.97 Å². The number of carbonyl (C=O) groups is 2. The fourth-order valence-corrected chi connectivity index (χ4v) is 1.70. The van der Waals surface area contributed by atoms with Gasteiger partial charge in [-0.25, -0.2) is 4.79 Å². The van der Waals surface area contributed by atoms with Gasteiger partial charge in [-0.3, -0.25) is 14.9 Å². The Morgan fingerprint density at radius 3 is 2.88 bits per heavy atom. The molecule has 0 bridgehead atoms. The number of ether oxygens (including phenoxy) is 1. The molecule has 0 aliphatic rings. The van der Waals surface area contributed by atoms with Crippen molar-refractivity contribution >= 4 is 29.5 Å². The number of non-ortho nitro benzene ring substituents is 1. The van der Waals surface area contributed by atoms with E-state index in [0.29, 0.717) is 11.3 Å². The van der Waals surface area contributed by atoms with E-state index < -0.39 is 23.4 Å². The third kappa shape index (κ3) is 5.05. The lowest BCUT2D eigenvalue weighted by Gasteiger charge is -2.01. The summed E-state index contributed by atoms with van der Waals surface area (Å²) in [5, 5.41) is 16.6. The summed E-state index contributed by atoms with van der Waals surface area (Å²) in [5.74, 6) is -0.573. The summed E-state index contributed by atoms with van der Waals surface area (Å²) in [4.78, 5) is 33.2. The van der Waals surface area contributed by atoms with Gasteiger partial charge in [-0.2, -0.15) is 0 Å². The number of hydrogen-bond acceptors (Lipinski definition) is 7. The molecule has 1 amide bonds. The molecular weight excluding hydrogens is 318 g/mol. The van der Waals surface area contributed by atoms with Crippen LogP contribution in [-0.4, -0.2) is 28.6 Å². The summed E-state index contributed by atoms with van der Waals surface area (Å²) in [5.41, 5.74) is 0.372. The van der Waals surface area contributed by atoms with Gasteiger partial charge in [0, 0.05) is 24.3 Å². The topological polar surface area (TPSA) is 125 Å². The van der Waals surface area contributed by atoms with Crippen LogP contribution in [0.1, 0.15) is 11.3 Å². The van der Waals surface area contributed by atoms with Gasteiger partial charge in [-0.1, -0.05) is 17.3 Å². The Labute approximate surface area is 136 Å². The number of benzene rings is 1. The standard InChI is InChI=1S/C15H13N3O6/c1-10-7-13(17-24-10)16-14(19)9-23-15(20)6-5-11-3-2-4-12(8-11)18(21)22/h2-8H,9H2,1H3,(H,16,17,19). The molecule has 1 N–H and O–H groups in total. The molecule has 0 saturated carbocycles. The van der Waals surface area contributed by atoms with E-state index in [2.05, 4.69) is 10.5 Å². The quantitative estimate of drug-likeness (QED) is 0.372. The highest BCUT2D eigenvalue weighted by Gasteiger charge is 2.09. The number of nitro groups is 1. The van der Waals surface area contributed by atoms with Crippen LogP contribution in [0.2, 0.25) is 0 Å². The van der Waals surface area contributed by atoms with E-state index in [9.17, 15) is 19.7 Å². The van der Waals surface area contributed by atoms with Gasteiger partial charge < -0.3 is 14.6 Å². The molecule has 0 atom stereocenters. The van der Waals surface area contributed by atoms with Crippen molar-refractivity contribution in [2.45, 2.75) is 6.92 Å². The second-order valence-corrected chi connectivity index (χ2v) is 4.66. The zero-order valence-corrected chi connectivity index (χ0v) is 12.6. The lowest BCUT2D eigenvalue weighted by molar-refractivity contribution is -0.384. The minimum Gasteiger partial charge on any atom is -0.452 e. The van der Waals surface area contributed by atoms with Crippen molar-refractivity contribution in [3.8, 4) is 0 Å². The zero-order chi connectivity index (χ0) is 17.5. The number of nitrogens with zero attached hydrogens (tertiary/aromatic N) is 2. The molecule has 124 valence electrons. The number of anilines is 1. The SMILES string of the molecule is Cc1cc(NC(=O)COC(=O)C=Cc2cccc([N+](=O)[O-])c2)no1. The van der Waals surface area contributed by atoms with Crippen LogP contribution in [0.4, 0.5) is 11.5 Å². The van der Waals surface area contributed by atoms with Crippen molar-refractivity contribution in [1.29, 1.82) is 0 Å². The summed E-state index contributed by atoms with van der Waals surface area (Å²) in [7, 11) is 0. The minimum absolute atomic E-state index is 0.0900. The van der Waals surface area contributed by atoms with Crippen LogP contribution in [0, 0.1) is 17.0 Å². The van der Waals surface area contributed by atoms with Crippen LogP contribution < -0.4 is 5.32 Å². The molecule has 24 heavy (non-hydrogen) atoms. The van der Waals surface area contributed by atoms with Crippen LogP contribution in [0.3, 0.4) is 0 Å².